The monoisotopic (exact) mass is 572 g/mol. The number of hydrogen-bond acceptors (Lipinski definition) is 4. The summed E-state index contributed by atoms with van der Waals surface area (Å²) in [5.41, 5.74) is 2.77. The van der Waals surface area contributed by atoms with Gasteiger partial charge in [0.15, 0.2) is 0 Å². The van der Waals surface area contributed by atoms with E-state index < -0.39 is 0 Å². The summed E-state index contributed by atoms with van der Waals surface area (Å²) in [6.45, 7) is 5.81. The molecular formula is C38H56N2O2. The fourth-order valence-electron chi connectivity index (χ4n) is 5.42. The third-order valence-electron chi connectivity index (χ3n) is 8.02. The Morgan fingerprint density at radius 3 is 1.07 bits per heavy atom. The zero-order chi connectivity index (χ0) is 30.1. The molecule has 0 amide bonds. The van der Waals surface area contributed by atoms with Gasteiger partial charge in [-0.05, 0) is 49.2 Å². The van der Waals surface area contributed by atoms with Crippen LogP contribution in [0.4, 0.5) is 0 Å². The van der Waals surface area contributed by atoms with Crippen molar-refractivity contribution < 1.29 is 9.47 Å². The number of nitrogens with zero attached hydrogens (tertiary/aromatic N) is 2. The van der Waals surface area contributed by atoms with Gasteiger partial charge >= 0.3 is 0 Å². The second-order valence-electron chi connectivity index (χ2n) is 11.7. The van der Waals surface area contributed by atoms with Crippen LogP contribution in [-0.4, -0.2) is 13.2 Å². The summed E-state index contributed by atoms with van der Waals surface area (Å²) in [6.07, 6.45) is 25.7. The molecule has 0 bridgehead atoms. The summed E-state index contributed by atoms with van der Waals surface area (Å²) in [4.78, 5) is 0. The highest BCUT2D eigenvalue weighted by Gasteiger charge is 2.15. The van der Waals surface area contributed by atoms with Crippen LogP contribution in [0.25, 0.3) is 11.1 Å². The van der Waals surface area contributed by atoms with Crippen LogP contribution >= 0.6 is 0 Å². The molecule has 4 heteroatoms. The zero-order valence-corrected chi connectivity index (χ0v) is 26.7. The van der Waals surface area contributed by atoms with Gasteiger partial charge in [0.05, 0.1) is 36.5 Å². The van der Waals surface area contributed by atoms with Crippen LogP contribution < -0.4 is 9.47 Å². The Labute approximate surface area is 257 Å². The Morgan fingerprint density at radius 2 is 0.762 bits per heavy atom. The summed E-state index contributed by atoms with van der Waals surface area (Å²) < 4.78 is 12.5. The minimum absolute atomic E-state index is 0.569. The average Bonchev–Trinajstić information content (AvgIpc) is 3.02. The van der Waals surface area contributed by atoms with E-state index in [1.165, 1.54) is 103 Å². The SMILES string of the molecule is CCCCCCCCCCCCOc1ccc(C#N)cc1-c1cc(C#N)ccc1OCCCCCCCCCCCC. The predicted octanol–water partition coefficient (Wildman–Crippen LogP) is 11.7. The number of rotatable bonds is 25. The average molecular weight is 573 g/mol. The summed E-state index contributed by atoms with van der Waals surface area (Å²) in [5, 5.41) is 19.2. The molecule has 42 heavy (non-hydrogen) atoms. The molecule has 2 aromatic carbocycles. The van der Waals surface area contributed by atoms with E-state index in [1.54, 1.807) is 12.1 Å². The van der Waals surface area contributed by atoms with Crippen LogP contribution in [0.15, 0.2) is 36.4 Å². The quantitative estimate of drug-likeness (QED) is 0.111. The van der Waals surface area contributed by atoms with E-state index in [-0.39, 0.29) is 0 Å². The van der Waals surface area contributed by atoms with Crippen LogP contribution in [0.1, 0.15) is 153 Å². The van der Waals surface area contributed by atoms with Crippen molar-refractivity contribution in [3.63, 3.8) is 0 Å². The first-order valence-corrected chi connectivity index (χ1v) is 17.1. The normalized spacial score (nSPS) is 10.8. The lowest BCUT2D eigenvalue weighted by Crippen LogP contribution is -2.02. The molecule has 0 fully saturated rings. The van der Waals surface area contributed by atoms with Gasteiger partial charge in [0.25, 0.3) is 0 Å². The molecule has 2 aromatic rings. The Hall–Kier alpha value is -2.98. The molecule has 0 heterocycles. The van der Waals surface area contributed by atoms with Crippen molar-refractivity contribution in [3.8, 4) is 34.8 Å². The van der Waals surface area contributed by atoms with E-state index in [4.69, 9.17) is 9.47 Å². The number of ether oxygens (including phenoxy) is 2. The number of hydrogen-bond donors (Lipinski definition) is 0. The summed E-state index contributed by atoms with van der Waals surface area (Å²) in [5.74, 6) is 1.48. The van der Waals surface area contributed by atoms with Crippen molar-refractivity contribution in [2.24, 2.45) is 0 Å². The van der Waals surface area contributed by atoms with Gasteiger partial charge in [-0.2, -0.15) is 10.5 Å². The van der Waals surface area contributed by atoms with Crippen molar-refractivity contribution in [1.29, 1.82) is 10.5 Å². The predicted molar refractivity (Wildman–Crippen MR) is 176 cm³/mol. The highest BCUT2D eigenvalue weighted by atomic mass is 16.5. The molecule has 0 aliphatic rings. The molecule has 0 aliphatic carbocycles. The second-order valence-corrected chi connectivity index (χ2v) is 11.7. The van der Waals surface area contributed by atoms with Gasteiger partial charge in [0, 0.05) is 11.1 Å². The van der Waals surface area contributed by atoms with Crippen LogP contribution in [0.3, 0.4) is 0 Å². The molecule has 4 nitrogen and oxygen atoms in total. The number of nitriles is 2. The third kappa shape index (κ3) is 14.8. The lowest BCUT2D eigenvalue weighted by atomic mass is 9.99. The molecule has 0 atom stereocenters. The number of unbranched alkanes of at least 4 members (excludes halogenated alkanes) is 18. The van der Waals surface area contributed by atoms with Crippen LogP contribution in [0.2, 0.25) is 0 Å². The van der Waals surface area contributed by atoms with Crippen molar-refractivity contribution in [1.82, 2.24) is 0 Å². The van der Waals surface area contributed by atoms with Crippen LogP contribution in [-0.2, 0) is 0 Å². The molecule has 2 rings (SSSR count). The minimum Gasteiger partial charge on any atom is -0.493 e. The Bertz CT molecular complexity index is 980. The van der Waals surface area contributed by atoms with E-state index in [9.17, 15) is 10.5 Å². The van der Waals surface area contributed by atoms with E-state index in [1.807, 2.05) is 24.3 Å². The minimum atomic E-state index is 0.569. The highest BCUT2D eigenvalue weighted by Crippen LogP contribution is 2.38. The Morgan fingerprint density at radius 1 is 0.452 bits per heavy atom. The van der Waals surface area contributed by atoms with Crippen LogP contribution in [0, 0.1) is 22.7 Å². The molecule has 0 N–H and O–H groups in total. The van der Waals surface area contributed by atoms with E-state index in [0.29, 0.717) is 24.3 Å². The molecular weight excluding hydrogens is 516 g/mol. The first-order valence-electron chi connectivity index (χ1n) is 17.1. The third-order valence-corrected chi connectivity index (χ3v) is 8.02. The molecule has 0 radical (unpaired) electrons. The molecule has 0 aliphatic heterocycles. The largest absolute Gasteiger partial charge is 0.493 e. The van der Waals surface area contributed by atoms with Gasteiger partial charge in [-0.25, -0.2) is 0 Å². The smallest absolute Gasteiger partial charge is 0.127 e. The van der Waals surface area contributed by atoms with Gasteiger partial charge in [0.2, 0.25) is 0 Å². The van der Waals surface area contributed by atoms with Gasteiger partial charge < -0.3 is 9.47 Å². The fraction of sp³-hybridized carbons (Fsp3) is 0.632. The highest BCUT2D eigenvalue weighted by molar-refractivity contribution is 5.78. The maximum atomic E-state index is 9.59. The molecule has 0 spiro atoms. The summed E-state index contributed by atoms with van der Waals surface area (Å²) in [6, 6.07) is 15.6. The molecule has 0 saturated heterocycles. The number of benzene rings is 2. The molecule has 0 unspecified atom stereocenters. The standard InChI is InChI=1S/C38H56N2O2/c1-3-5-7-9-11-13-15-17-19-21-27-41-37-25-23-33(31-39)29-35(37)36-30-34(32-40)24-26-38(36)42-28-22-20-18-16-14-12-10-8-6-4-2/h23-26,29-30H,3-22,27-28H2,1-2H3. The van der Waals surface area contributed by atoms with E-state index in [0.717, 1.165) is 48.3 Å². The van der Waals surface area contributed by atoms with Gasteiger partial charge in [-0.15, -0.1) is 0 Å². The van der Waals surface area contributed by atoms with Gasteiger partial charge in [0.1, 0.15) is 11.5 Å². The molecule has 230 valence electrons. The lowest BCUT2D eigenvalue weighted by molar-refractivity contribution is 0.301. The molecule has 0 aromatic heterocycles. The second kappa shape index (κ2) is 23.6. The van der Waals surface area contributed by atoms with Crippen molar-refractivity contribution >= 4 is 0 Å². The first kappa shape index (κ1) is 35.2. The molecule has 0 saturated carbocycles. The maximum Gasteiger partial charge on any atom is 0.127 e. The van der Waals surface area contributed by atoms with Crippen LogP contribution in [0.5, 0.6) is 11.5 Å². The van der Waals surface area contributed by atoms with E-state index >= 15 is 0 Å². The Balaban J connectivity index is 1.88. The topological polar surface area (TPSA) is 66.0 Å². The first-order chi connectivity index (χ1) is 20.7. The lowest BCUT2D eigenvalue weighted by Gasteiger charge is -2.16. The summed E-state index contributed by atoms with van der Waals surface area (Å²) >= 11 is 0. The van der Waals surface area contributed by atoms with Crippen molar-refractivity contribution in [2.75, 3.05) is 13.2 Å². The van der Waals surface area contributed by atoms with E-state index in [2.05, 4.69) is 26.0 Å². The Kier molecular flexibility index (Phi) is 19.8. The maximum absolute atomic E-state index is 9.59. The van der Waals surface area contributed by atoms with Gasteiger partial charge in [-0.1, -0.05) is 129 Å². The summed E-state index contributed by atoms with van der Waals surface area (Å²) in [7, 11) is 0. The zero-order valence-electron chi connectivity index (χ0n) is 26.7. The van der Waals surface area contributed by atoms with Crippen molar-refractivity contribution in [3.05, 3.63) is 47.5 Å². The van der Waals surface area contributed by atoms with Gasteiger partial charge in [-0.3, -0.25) is 0 Å². The fourth-order valence-corrected chi connectivity index (χ4v) is 5.42. The van der Waals surface area contributed by atoms with Crippen molar-refractivity contribution in [2.45, 2.75) is 142 Å².